The number of ketones is 2. The van der Waals surface area contributed by atoms with Crippen LogP contribution >= 0.6 is 0 Å². The van der Waals surface area contributed by atoms with Gasteiger partial charge in [-0.15, -0.1) is 0 Å². The van der Waals surface area contributed by atoms with Crippen LogP contribution in [0, 0.1) is 45.3 Å². The Labute approximate surface area is 138 Å². The standard InChI is InChI=1S/C20H28O3/c1-17(2)11-5-8-20-12(18(11,3)7-6-13(17)21)9-10-14(15(20)22)19(10,4)16(20)23/h10-12,14,16,23H,5-9H2,1-4H3/t10-,11-,12+,14?,16-,18-,19-,20+/m0/s1. The van der Waals surface area contributed by atoms with Gasteiger partial charge >= 0.3 is 0 Å². The number of aliphatic hydroxyl groups is 1. The summed E-state index contributed by atoms with van der Waals surface area (Å²) in [6, 6.07) is 0. The van der Waals surface area contributed by atoms with Crippen LogP contribution in [0.1, 0.15) is 59.8 Å². The van der Waals surface area contributed by atoms with Gasteiger partial charge in [-0.05, 0) is 48.9 Å². The molecule has 6 fully saturated rings. The average molecular weight is 316 g/mol. The Bertz CT molecular complexity index is 651. The lowest BCUT2D eigenvalue weighted by atomic mass is 9.39. The van der Waals surface area contributed by atoms with E-state index in [1.54, 1.807) is 0 Å². The first-order chi connectivity index (χ1) is 10.6. The molecule has 4 bridgehead atoms. The number of hydrogen-bond acceptors (Lipinski definition) is 3. The third-order valence-electron chi connectivity index (χ3n) is 9.61. The van der Waals surface area contributed by atoms with E-state index in [1.807, 2.05) is 0 Å². The molecule has 126 valence electrons. The second-order valence-corrected chi connectivity index (χ2v) is 10.3. The lowest BCUT2D eigenvalue weighted by Gasteiger charge is -2.64. The average Bonchev–Trinajstić information content (AvgIpc) is 3.07. The highest BCUT2D eigenvalue weighted by atomic mass is 16.3. The van der Waals surface area contributed by atoms with E-state index in [4.69, 9.17) is 0 Å². The minimum absolute atomic E-state index is 0.0290. The molecule has 6 aliphatic rings. The summed E-state index contributed by atoms with van der Waals surface area (Å²) < 4.78 is 0. The van der Waals surface area contributed by atoms with E-state index in [0.717, 1.165) is 25.7 Å². The number of fused-ring (bicyclic) bond motifs is 1. The molecule has 0 amide bonds. The van der Waals surface area contributed by atoms with Gasteiger partial charge in [0.05, 0.1) is 11.5 Å². The Morgan fingerprint density at radius 1 is 1.04 bits per heavy atom. The summed E-state index contributed by atoms with van der Waals surface area (Å²) in [5.41, 5.74) is -0.871. The predicted molar refractivity (Wildman–Crippen MR) is 85.5 cm³/mol. The van der Waals surface area contributed by atoms with Crippen LogP contribution in [0.4, 0.5) is 0 Å². The zero-order chi connectivity index (χ0) is 16.6. The Morgan fingerprint density at radius 2 is 1.74 bits per heavy atom. The lowest BCUT2D eigenvalue weighted by molar-refractivity contribution is -0.199. The number of carbonyl (C=O) groups excluding carboxylic acids is 2. The van der Waals surface area contributed by atoms with Crippen LogP contribution in [0.3, 0.4) is 0 Å². The van der Waals surface area contributed by atoms with Crippen LogP contribution in [-0.4, -0.2) is 22.8 Å². The van der Waals surface area contributed by atoms with Gasteiger partial charge in [-0.3, -0.25) is 9.59 Å². The molecule has 3 nitrogen and oxygen atoms in total. The molecule has 1 N–H and O–H groups in total. The number of Topliss-reactive ketones (excluding diaryl/α,β-unsaturated/α-hetero) is 2. The van der Waals surface area contributed by atoms with Crippen molar-refractivity contribution < 1.29 is 14.7 Å². The summed E-state index contributed by atoms with van der Waals surface area (Å²) in [6.45, 7) is 8.69. The maximum atomic E-state index is 13.2. The third-order valence-corrected chi connectivity index (χ3v) is 9.61. The van der Waals surface area contributed by atoms with Crippen molar-refractivity contribution in [2.45, 2.75) is 65.9 Å². The van der Waals surface area contributed by atoms with Gasteiger partial charge in [0.2, 0.25) is 0 Å². The van der Waals surface area contributed by atoms with Gasteiger partial charge in [0, 0.05) is 23.2 Å². The van der Waals surface area contributed by atoms with Crippen molar-refractivity contribution in [2.75, 3.05) is 0 Å². The first-order valence-corrected chi connectivity index (χ1v) is 9.38. The molecule has 23 heavy (non-hydrogen) atoms. The zero-order valence-corrected chi connectivity index (χ0v) is 14.7. The molecule has 0 aromatic rings. The summed E-state index contributed by atoms with van der Waals surface area (Å²) >= 11 is 0. The molecule has 0 radical (unpaired) electrons. The Hall–Kier alpha value is -0.700. The number of rotatable bonds is 0. The third kappa shape index (κ3) is 1.20. The Kier molecular flexibility index (Phi) is 2.30. The van der Waals surface area contributed by atoms with E-state index >= 15 is 0 Å². The molecule has 0 aromatic carbocycles. The van der Waals surface area contributed by atoms with E-state index in [-0.39, 0.29) is 28.1 Å². The molecule has 6 aliphatic carbocycles. The first-order valence-electron chi connectivity index (χ1n) is 9.38. The highest BCUT2D eigenvalue weighted by Crippen LogP contribution is 2.83. The molecule has 6 rings (SSSR count). The molecule has 0 heterocycles. The van der Waals surface area contributed by atoms with E-state index < -0.39 is 11.5 Å². The summed E-state index contributed by atoms with van der Waals surface area (Å²) in [5.74, 6) is 1.93. The maximum absolute atomic E-state index is 13.2. The van der Waals surface area contributed by atoms with Crippen molar-refractivity contribution >= 4 is 11.6 Å². The van der Waals surface area contributed by atoms with E-state index in [1.165, 1.54) is 0 Å². The van der Waals surface area contributed by atoms with Gasteiger partial charge in [0.25, 0.3) is 0 Å². The molecule has 3 heteroatoms. The SMILES string of the molecule is CC1(C)C(=O)CC[C@]2(C)[C@H]3C[C@H]4C5C(=O)[C@]3(CC[C@@H]12)[C@@H](O)[C@]54C. The molecule has 0 aromatic heterocycles. The van der Waals surface area contributed by atoms with Crippen LogP contribution in [0.2, 0.25) is 0 Å². The maximum Gasteiger partial charge on any atom is 0.145 e. The van der Waals surface area contributed by atoms with Crippen LogP contribution in [0.15, 0.2) is 0 Å². The number of aliphatic hydroxyl groups excluding tert-OH is 1. The predicted octanol–water partition coefficient (Wildman–Crippen LogP) is 2.99. The summed E-state index contributed by atoms with van der Waals surface area (Å²) in [7, 11) is 0. The normalized spacial score (nSPS) is 61.9. The lowest BCUT2D eigenvalue weighted by Crippen LogP contribution is -2.65. The Morgan fingerprint density at radius 3 is 2.35 bits per heavy atom. The van der Waals surface area contributed by atoms with Gasteiger partial charge in [-0.1, -0.05) is 27.7 Å². The highest BCUT2D eigenvalue weighted by Gasteiger charge is 2.87. The van der Waals surface area contributed by atoms with Crippen molar-refractivity contribution in [1.29, 1.82) is 0 Å². The molecule has 8 atom stereocenters. The summed E-state index contributed by atoms with van der Waals surface area (Å²) in [5, 5.41) is 11.1. The number of carbonyl (C=O) groups is 2. The van der Waals surface area contributed by atoms with Crippen LogP contribution in [0.5, 0.6) is 0 Å². The van der Waals surface area contributed by atoms with Crippen LogP contribution < -0.4 is 0 Å². The second kappa shape index (κ2) is 3.61. The van der Waals surface area contributed by atoms with Gasteiger partial charge in [0.15, 0.2) is 0 Å². The minimum Gasteiger partial charge on any atom is -0.391 e. The first kappa shape index (κ1) is 14.6. The molecule has 1 unspecified atom stereocenters. The second-order valence-electron chi connectivity index (χ2n) is 10.3. The van der Waals surface area contributed by atoms with E-state index in [0.29, 0.717) is 29.8 Å². The van der Waals surface area contributed by atoms with Crippen LogP contribution in [0.25, 0.3) is 0 Å². The monoisotopic (exact) mass is 316 g/mol. The van der Waals surface area contributed by atoms with Crippen LogP contribution in [-0.2, 0) is 9.59 Å². The summed E-state index contributed by atoms with van der Waals surface area (Å²) in [6.07, 6.45) is 3.91. The molecular formula is C20H28O3. The largest absolute Gasteiger partial charge is 0.391 e. The Balaban J connectivity index is 1.64. The van der Waals surface area contributed by atoms with Crippen molar-refractivity contribution in [1.82, 2.24) is 0 Å². The van der Waals surface area contributed by atoms with Gasteiger partial charge in [-0.2, -0.15) is 0 Å². The van der Waals surface area contributed by atoms with Crippen molar-refractivity contribution in [3.63, 3.8) is 0 Å². The summed E-state index contributed by atoms with van der Waals surface area (Å²) in [4.78, 5) is 25.7. The molecule has 1 spiro atoms. The quantitative estimate of drug-likeness (QED) is 0.747. The molecular weight excluding hydrogens is 288 g/mol. The molecule has 0 aliphatic heterocycles. The van der Waals surface area contributed by atoms with Crippen molar-refractivity contribution in [3.05, 3.63) is 0 Å². The fraction of sp³-hybridized carbons (Fsp3) is 0.900. The van der Waals surface area contributed by atoms with Gasteiger partial charge in [0.1, 0.15) is 11.6 Å². The fourth-order valence-corrected chi connectivity index (χ4v) is 8.34. The number of hydrogen-bond donors (Lipinski definition) is 1. The highest BCUT2D eigenvalue weighted by molar-refractivity contribution is 5.97. The van der Waals surface area contributed by atoms with E-state index in [9.17, 15) is 14.7 Å². The smallest absolute Gasteiger partial charge is 0.145 e. The van der Waals surface area contributed by atoms with E-state index in [2.05, 4.69) is 27.7 Å². The zero-order valence-electron chi connectivity index (χ0n) is 14.7. The van der Waals surface area contributed by atoms with Crippen molar-refractivity contribution in [3.8, 4) is 0 Å². The molecule has 0 saturated heterocycles. The van der Waals surface area contributed by atoms with Crippen molar-refractivity contribution in [2.24, 2.45) is 45.3 Å². The molecule has 6 saturated carbocycles. The van der Waals surface area contributed by atoms with Gasteiger partial charge < -0.3 is 5.11 Å². The fourth-order valence-electron chi connectivity index (χ4n) is 8.34. The minimum atomic E-state index is -0.490. The van der Waals surface area contributed by atoms with Gasteiger partial charge in [-0.25, -0.2) is 0 Å². The topological polar surface area (TPSA) is 54.4 Å².